The normalized spacial score (nSPS) is 14.4. The zero-order chi connectivity index (χ0) is 22.1. The second-order valence-electron chi connectivity index (χ2n) is 7.97. The fourth-order valence-electron chi connectivity index (χ4n) is 3.99. The summed E-state index contributed by atoms with van der Waals surface area (Å²) in [7, 11) is 1.72. The molecule has 0 atom stereocenters. The van der Waals surface area contributed by atoms with E-state index in [1.54, 1.807) is 7.11 Å². The van der Waals surface area contributed by atoms with Crippen LogP contribution in [0.5, 0.6) is 5.75 Å². The minimum Gasteiger partial charge on any atom is -0.495 e. The molecule has 1 N–H and O–H groups in total. The van der Waals surface area contributed by atoms with Gasteiger partial charge in [0.05, 0.1) is 19.2 Å². The van der Waals surface area contributed by atoms with Crippen LogP contribution in [0.3, 0.4) is 0 Å². The number of carboxylic acids is 1. The number of aliphatic carboxylic acids is 1. The number of ether oxygens (including phenoxy) is 1. The molecule has 0 aliphatic carbocycles. The summed E-state index contributed by atoms with van der Waals surface area (Å²) in [6.07, 6.45) is 3.19. The van der Waals surface area contributed by atoms with Crippen LogP contribution in [0.25, 0.3) is 0 Å². The van der Waals surface area contributed by atoms with E-state index >= 15 is 0 Å². The number of carbonyl (C=O) groups is 2. The van der Waals surface area contributed by atoms with E-state index in [1.165, 1.54) is 11.3 Å². The molecule has 3 rings (SSSR count). The van der Waals surface area contributed by atoms with Crippen LogP contribution in [0, 0.1) is 0 Å². The number of anilines is 1. The SMILES string of the molecule is COc1ccccc1N1CCN(CCCCc2ccc(C(=O)CCC(=O)O)cc2)CC1. The van der Waals surface area contributed by atoms with Gasteiger partial charge in [-0.1, -0.05) is 36.4 Å². The zero-order valence-electron chi connectivity index (χ0n) is 18.3. The highest BCUT2D eigenvalue weighted by Crippen LogP contribution is 2.28. The van der Waals surface area contributed by atoms with E-state index in [0.29, 0.717) is 5.56 Å². The summed E-state index contributed by atoms with van der Waals surface area (Å²) in [5.74, 6) is -0.113. The van der Waals surface area contributed by atoms with E-state index < -0.39 is 5.97 Å². The maximum absolute atomic E-state index is 12.0. The zero-order valence-corrected chi connectivity index (χ0v) is 18.3. The number of benzene rings is 2. The first kappa shape index (κ1) is 22.8. The Morgan fingerprint density at radius 2 is 1.65 bits per heavy atom. The minimum absolute atomic E-state index is 0.0546. The first-order valence-corrected chi connectivity index (χ1v) is 11.0. The van der Waals surface area contributed by atoms with Gasteiger partial charge in [-0.15, -0.1) is 0 Å². The molecule has 1 aliphatic rings. The molecule has 0 amide bonds. The second-order valence-corrected chi connectivity index (χ2v) is 7.97. The number of carbonyl (C=O) groups excluding carboxylic acids is 1. The number of aryl methyl sites for hydroxylation is 1. The Balaban J connectivity index is 1.35. The van der Waals surface area contributed by atoms with Crippen LogP contribution in [-0.2, 0) is 11.2 Å². The smallest absolute Gasteiger partial charge is 0.303 e. The number of ketones is 1. The molecule has 0 unspecified atom stereocenters. The van der Waals surface area contributed by atoms with Crippen molar-refractivity contribution in [3.63, 3.8) is 0 Å². The van der Waals surface area contributed by atoms with Gasteiger partial charge in [0.2, 0.25) is 0 Å². The number of carboxylic acid groups (broad SMARTS) is 1. The summed E-state index contributed by atoms with van der Waals surface area (Å²) >= 11 is 0. The topological polar surface area (TPSA) is 70.1 Å². The highest BCUT2D eigenvalue weighted by atomic mass is 16.5. The number of rotatable bonds is 11. The highest BCUT2D eigenvalue weighted by Gasteiger charge is 2.19. The van der Waals surface area contributed by atoms with Crippen LogP contribution >= 0.6 is 0 Å². The Morgan fingerprint density at radius 3 is 2.32 bits per heavy atom. The molecule has 6 nitrogen and oxygen atoms in total. The lowest BCUT2D eigenvalue weighted by Crippen LogP contribution is -2.46. The average molecular weight is 425 g/mol. The molecule has 0 radical (unpaired) electrons. The minimum atomic E-state index is -0.939. The quantitative estimate of drug-likeness (QED) is 0.436. The van der Waals surface area contributed by atoms with Crippen molar-refractivity contribution in [2.24, 2.45) is 0 Å². The van der Waals surface area contributed by atoms with Gasteiger partial charge >= 0.3 is 5.97 Å². The standard InChI is InChI=1S/C25H32N2O4/c1-31-24-8-3-2-7-22(24)27-18-16-26(17-19-27)15-5-4-6-20-9-11-21(12-10-20)23(28)13-14-25(29)30/h2-3,7-12H,4-6,13-19H2,1H3,(H,29,30). The summed E-state index contributed by atoms with van der Waals surface area (Å²) in [6.45, 7) is 5.25. The number of nitrogens with zero attached hydrogens (tertiary/aromatic N) is 2. The van der Waals surface area contributed by atoms with Gasteiger partial charge in [0, 0.05) is 38.2 Å². The van der Waals surface area contributed by atoms with Crippen molar-refractivity contribution < 1.29 is 19.4 Å². The molecule has 6 heteroatoms. The van der Waals surface area contributed by atoms with Crippen molar-refractivity contribution in [3.05, 3.63) is 59.7 Å². The first-order valence-electron chi connectivity index (χ1n) is 11.0. The Hall–Kier alpha value is -2.86. The van der Waals surface area contributed by atoms with Crippen molar-refractivity contribution in [2.45, 2.75) is 32.1 Å². The van der Waals surface area contributed by atoms with Crippen LogP contribution in [0.2, 0.25) is 0 Å². The lowest BCUT2D eigenvalue weighted by molar-refractivity contribution is -0.136. The van der Waals surface area contributed by atoms with Gasteiger partial charge in [-0.05, 0) is 43.5 Å². The summed E-state index contributed by atoms with van der Waals surface area (Å²) in [6, 6.07) is 15.8. The van der Waals surface area contributed by atoms with Gasteiger partial charge in [-0.25, -0.2) is 0 Å². The molecule has 1 aliphatic heterocycles. The number of piperazine rings is 1. The largest absolute Gasteiger partial charge is 0.495 e. The molecule has 0 saturated carbocycles. The maximum Gasteiger partial charge on any atom is 0.303 e. The number of unbranched alkanes of at least 4 members (excludes halogenated alkanes) is 1. The van der Waals surface area contributed by atoms with Gasteiger partial charge in [-0.3, -0.25) is 14.5 Å². The Morgan fingerprint density at radius 1 is 0.935 bits per heavy atom. The molecule has 0 aromatic heterocycles. The average Bonchev–Trinajstić information content (AvgIpc) is 2.81. The van der Waals surface area contributed by atoms with Gasteiger partial charge < -0.3 is 14.7 Å². The van der Waals surface area contributed by atoms with E-state index in [0.717, 1.165) is 57.7 Å². The number of hydrogen-bond donors (Lipinski definition) is 1. The van der Waals surface area contributed by atoms with Gasteiger partial charge in [0.1, 0.15) is 5.75 Å². The molecule has 1 fully saturated rings. The van der Waals surface area contributed by atoms with Crippen LogP contribution < -0.4 is 9.64 Å². The van der Waals surface area contributed by atoms with Gasteiger partial charge in [0.25, 0.3) is 0 Å². The molecular weight excluding hydrogens is 392 g/mol. The monoisotopic (exact) mass is 424 g/mol. The predicted octanol–water partition coefficient (Wildman–Crippen LogP) is 3.89. The van der Waals surface area contributed by atoms with Crippen LogP contribution in [0.15, 0.2) is 48.5 Å². The van der Waals surface area contributed by atoms with Gasteiger partial charge in [-0.2, -0.15) is 0 Å². The Bertz CT molecular complexity index is 858. The molecule has 31 heavy (non-hydrogen) atoms. The van der Waals surface area contributed by atoms with Gasteiger partial charge in [0.15, 0.2) is 5.78 Å². The van der Waals surface area contributed by atoms with Crippen LogP contribution in [0.4, 0.5) is 5.69 Å². The summed E-state index contributed by atoms with van der Waals surface area (Å²) < 4.78 is 5.49. The molecule has 0 spiro atoms. The van der Waals surface area contributed by atoms with Crippen molar-refractivity contribution in [1.29, 1.82) is 0 Å². The van der Waals surface area contributed by atoms with Crippen molar-refractivity contribution >= 4 is 17.4 Å². The number of Topliss-reactive ketones (excluding diaryl/α,β-unsaturated/α-hetero) is 1. The summed E-state index contributed by atoms with van der Waals surface area (Å²) in [5, 5.41) is 8.69. The number of para-hydroxylation sites is 2. The predicted molar refractivity (Wildman–Crippen MR) is 122 cm³/mol. The number of methoxy groups -OCH3 is 1. The Kier molecular flexibility index (Phi) is 8.47. The van der Waals surface area contributed by atoms with Crippen molar-refractivity contribution in [1.82, 2.24) is 4.90 Å². The fraction of sp³-hybridized carbons (Fsp3) is 0.440. The lowest BCUT2D eigenvalue weighted by atomic mass is 10.0. The van der Waals surface area contributed by atoms with E-state index in [9.17, 15) is 9.59 Å². The van der Waals surface area contributed by atoms with E-state index in [2.05, 4.69) is 21.9 Å². The fourth-order valence-corrected chi connectivity index (χ4v) is 3.99. The maximum atomic E-state index is 12.0. The lowest BCUT2D eigenvalue weighted by Gasteiger charge is -2.36. The number of hydrogen-bond acceptors (Lipinski definition) is 5. The third-order valence-corrected chi connectivity index (χ3v) is 5.83. The summed E-state index contributed by atoms with van der Waals surface area (Å²) in [5.41, 5.74) is 2.99. The van der Waals surface area contributed by atoms with E-state index in [4.69, 9.17) is 9.84 Å². The van der Waals surface area contributed by atoms with E-state index in [1.807, 2.05) is 36.4 Å². The molecule has 1 saturated heterocycles. The third-order valence-electron chi connectivity index (χ3n) is 5.83. The first-order chi connectivity index (χ1) is 15.1. The van der Waals surface area contributed by atoms with Crippen molar-refractivity contribution in [3.8, 4) is 5.75 Å². The second kappa shape index (κ2) is 11.5. The highest BCUT2D eigenvalue weighted by molar-refractivity contribution is 5.97. The van der Waals surface area contributed by atoms with Crippen LogP contribution in [0.1, 0.15) is 41.6 Å². The Labute approximate surface area is 184 Å². The molecule has 1 heterocycles. The van der Waals surface area contributed by atoms with Crippen LogP contribution in [-0.4, -0.2) is 61.6 Å². The molecule has 0 bridgehead atoms. The molecule has 166 valence electrons. The van der Waals surface area contributed by atoms with Crippen molar-refractivity contribution in [2.75, 3.05) is 44.7 Å². The molecule has 2 aromatic rings. The van der Waals surface area contributed by atoms with E-state index in [-0.39, 0.29) is 18.6 Å². The third kappa shape index (κ3) is 6.82. The molecule has 2 aromatic carbocycles. The molecular formula is C25H32N2O4. The summed E-state index contributed by atoms with van der Waals surface area (Å²) in [4.78, 5) is 27.5.